The lowest BCUT2D eigenvalue weighted by molar-refractivity contribution is 0.0951. The highest BCUT2D eigenvalue weighted by molar-refractivity contribution is 5.94. The molecule has 3 N–H and O–H groups in total. The van der Waals surface area contributed by atoms with E-state index in [-0.39, 0.29) is 11.9 Å². The van der Waals surface area contributed by atoms with Crippen molar-refractivity contribution in [3.05, 3.63) is 70.8 Å². The maximum Gasteiger partial charge on any atom is 0.251 e. The van der Waals surface area contributed by atoms with Crippen molar-refractivity contribution in [3.8, 4) is 0 Å². The molecule has 4 heteroatoms. The van der Waals surface area contributed by atoms with Gasteiger partial charge in [0.2, 0.25) is 0 Å². The molecule has 1 unspecified atom stereocenters. The van der Waals surface area contributed by atoms with Crippen molar-refractivity contribution in [1.82, 2.24) is 10.2 Å². The first-order chi connectivity index (χ1) is 11.9. The third kappa shape index (κ3) is 5.69. The van der Waals surface area contributed by atoms with E-state index in [1.54, 1.807) is 0 Å². The van der Waals surface area contributed by atoms with Gasteiger partial charge in [0.25, 0.3) is 5.91 Å². The van der Waals surface area contributed by atoms with Crippen LogP contribution in [-0.4, -0.2) is 31.4 Å². The number of benzene rings is 2. The van der Waals surface area contributed by atoms with Crippen LogP contribution in [0.25, 0.3) is 0 Å². The predicted octanol–water partition coefficient (Wildman–Crippen LogP) is 3.30. The van der Waals surface area contributed by atoms with Crippen LogP contribution in [0.3, 0.4) is 0 Å². The number of nitrogens with one attached hydrogen (secondary N) is 1. The molecule has 2 aromatic rings. The van der Waals surface area contributed by atoms with Gasteiger partial charge in [-0.05, 0) is 48.8 Å². The van der Waals surface area contributed by atoms with E-state index in [1.165, 1.54) is 5.56 Å². The van der Waals surface area contributed by atoms with E-state index in [9.17, 15) is 4.79 Å². The lowest BCUT2D eigenvalue weighted by Gasteiger charge is -2.15. The Bertz CT molecular complexity index is 693. The van der Waals surface area contributed by atoms with Gasteiger partial charge in [-0.3, -0.25) is 4.79 Å². The molecular formula is C21H29N3O. The second kappa shape index (κ2) is 8.79. The van der Waals surface area contributed by atoms with Crippen molar-refractivity contribution in [2.75, 3.05) is 20.6 Å². The summed E-state index contributed by atoms with van der Waals surface area (Å²) in [5.74, 6) is 0.411. The number of carbonyl (C=O) groups excluding carboxylic acids is 1. The van der Waals surface area contributed by atoms with Crippen LogP contribution in [0.1, 0.15) is 52.9 Å². The predicted molar refractivity (Wildman–Crippen MR) is 104 cm³/mol. The number of hydrogen-bond acceptors (Lipinski definition) is 3. The summed E-state index contributed by atoms with van der Waals surface area (Å²) >= 11 is 0. The van der Waals surface area contributed by atoms with Gasteiger partial charge in [0.1, 0.15) is 0 Å². The first-order valence-electron chi connectivity index (χ1n) is 8.74. The summed E-state index contributed by atoms with van der Waals surface area (Å²) < 4.78 is 0. The van der Waals surface area contributed by atoms with Crippen LogP contribution in [0.2, 0.25) is 0 Å². The van der Waals surface area contributed by atoms with Crippen LogP contribution in [0, 0.1) is 0 Å². The highest BCUT2D eigenvalue weighted by atomic mass is 16.1. The zero-order valence-corrected chi connectivity index (χ0v) is 15.6. The fourth-order valence-corrected chi connectivity index (χ4v) is 2.73. The maximum absolute atomic E-state index is 12.4. The summed E-state index contributed by atoms with van der Waals surface area (Å²) in [6.07, 6.45) is 0. The Morgan fingerprint density at radius 2 is 1.72 bits per heavy atom. The van der Waals surface area contributed by atoms with E-state index < -0.39 is 0 Å². The highest BCUT2D eigenvalue weighted by Gasteiger charge is 2.11. The van der Waals surface area contributed by atoms with Crippen LogP contribution < -0.4 is 11.1 Å². The van der Waals surface area contributed by atoms with Gasteiger partial charge in [-0.1, -0.05) is 50.2 Å². The van der Waals surface area contributed by atoms with Gasteiger partial charge in [-0.2, -0.15) is 0 Å². The topological polar surface area (TPSA) is 58.4 Å². The average molecular weight is 339 g/mol. The summed E-state index contributed by atoms with van der Waals surface area (Å²) in [4.78, 5) is 14.5. The number of amides is 1. The van der Waals surface area contributed by atoms with E-state index in [0.29, 0.717) is 18.0 Å². The maximum atomic E-state index is 12.4. The number of hydrogen-bond donors (Lipinski definition) is 2. The molecule has 0 radical (unpaired) electrons. The monoisotopic (exact) mass is 339 g/mol. The van der Waals surface area contributed by atoms with Crippen molar-refractivity contribution >= 4 is 5.91 Å². The normalized spacial score (nSPS) is 12.4. The van der Waals surface area contributed by atoms with Gasteiger partial charge < -0.3 is 16.0 Å². The Morgan fingerprint density at radius 1 is 1.08 bits per heavy atom. The molecule has 0 spiro atoms. The van der Waals surface area contributed by atoms with Gasteiger partial charge in [0, 0.05) is 24.7 Å². The average Bonchev–Trinajstić information content (AvgIpc) is 2.59. The minimum Gasteiger partial charge on any atom is -0.350 e. The van der Waals surface area contributed by atoms with Crippen molar-refractivity contribution in [1.29, 1.82) is 0 Å². The summed E-state index contributed by atoms with van der Waals surface area (Å²) in [7, 11) is 4.02. The molecule has 0 saturated heterocycles. The van der Waals surface area contributed by atoms with Crippen molar-refractivity contribution < 1.29 is 4.79 Å². The number of nitrogens with two attached hydrogens (primary N) is 1. The highest BCUT2D eigenvalue weighted by Crippen LogP contribution is 2.17. The minimum atomic E-state index is -0.213. The molecule has 2 aromatic carbocycles. The number of nitrogens with zero attached hydrogens (tertiary/aromatic N) is 1. The summed E-state index contributed by atoms with van der Waals surface area (Å²) in [5, 5.41) is 2.94. The zero-order chi connectivity index (χ0) is 18.4. The smallest absolute Gasteiger partial charge is 0.251 e. The van der Waals surface area contributed by atoms with Crippen molar-refractivity contribution in [2.45, 2.75) is 32.4 Å². The Kier molecular flexibility index (Phi) is 6.73. The molecule has 0 aromatic heterocycles. The van der Waals surface area contributed by atoms with Gasteiger partial charge in [-0.15, -0.1) is 0 Å². The van der Waals surface area contributed by atoms with E-state index in [0.717, 1.165) is 17.7 Å². The molecule has 25 heavy (non-hydrogen) atoms. The molecule has 1 atom stereocenters. The van der Waals surface area contributed by atoms with Gasteiger partial charge in [0.05, 0.1) is 0 Å². The number of carbonyl (C=O) groups is 1. The molecule has 0 saturated carbocycles. The molecule has 0 fully saturated rings. The molecule has 0 aliphatic rings. The van der Waals surface area contributed by atoms with Gasteiger partial charge in [-0.25, -0.2) is 0 Å². The van der Waals surface area contributed by atoms with E-state index in [2.05, 4.69) is 36.2 Å². The Labute approximate surface area is 151 Å². The molecule has 4 nitrogen and oxygen atoms in total. The fourth-order valence-electron chi connectivity index (χ4n) is 2.73. The van der Waals surface area contributed by atoms with Crippen LogP contribution in [0.5, 0.6) is 0 Å². The first-order valence-corrected chi connectivity index (χ1v) is 8.74. The van der Waals surface area contributed by atoms with Crippen molar-refractivity contribution in [3.63, 3.8) is 0 Å². The third-order valence-electron chi connectivity index (χ3n) is 4.20. The molecule has 0 heterocycles. The standard InChI is InChI=1S/C21H29N3O/c1-15(2)17-8-10-18(11-9-17)20(22)13-23-21(25)19-7-5-6-16(12-19)14-24(3)4/h5-12,15,20H,13-14,22H2,1-4H3,(H,23,25). The Morgan fingerprint density at radius 3 is 2.32 bits per heavy atom. The van der Waals surface area contributed by atoms with Crippen LogP contribution in [0.4, 0.5) is 0 Å². The van der Waals surface area contributed by atoms with Gasteiger partial charge >= 0.3 is 0 Å². The van der Waals surface area contributed by atoms with Crippen molar-refractivity contribution in [2.24, 2.45) is 5.73 Å². The Balaban J connectivity index is 1.94. The quantitative estimate of drug-likeness (QED) is 0.814. The molecule has 0 aliphatic carbocycles. The van der Waals surface area contributed by atoms with E-state index in [4.69, 9.17) is 5.73 Å². The summed E-state index contributed by atoms with van der Waals surface area (Å²) in [6, 6.07) is 15.8. The number of rotatable bonds is 7. The molecule has 134 valence electrons. The van der Waals surface area contributed by atoms with Crippen LogP contribution in [-0.2, 0) is 6.54 Å². The molecule has 0 aliphatic heterocycles. The van der Waals surface area contributed by atoms with E-state index >= 15 is 0 Å². The molecule has 0 bridgehead atoms. The molecule has 1 amide bonds. The second-order valence-corrected chi connectivity index (χ2v) is 7.08. The lowest BCUT2D eigenvalue weighted by Crippen LogP contribution is -2.32. The fraction of sp³-hybridized carbons (Fsp3) is 0.381. The molecular weight excluding hydrogens is 310 g/mol. The lowest BCUT2D eigenvalue weighted by atomic mass is 9.99. The minimum absolute atomic E-state index is 0.0881. The summed E-state index contributed by atoms with van der Waals surface area (Å²) in [6.45, 7) is 5.56. The zero-order valence-electron chi connectivity index (χ0n) is 15.6. The molecule has 2 rings (SSSR count). The van der Waals surface area contributed by atoms with Crippen LogP contribution >= 0.6 is 0 Å². The SMILES string of the molecule is CC(C)c1ccc(C(N)CNC(=O)c2cccc(CN(C)C)c2)cc1. The van der Waals surface area contributed by atoms with Crippen LogP contribution in [0.15, 0.2) is 48.5 Å². The summed E-state index contributed by atoms with van der Waals surface area (Å²) in [5.41, 5.74) is 10.3. The largest absolute Gasteiger partial charge is 0.350 e. The van der Waals surface area contributed by atoms with Gasteiger partial charge in [0.15, 0.2) is 0 Å². The third-order valence-corrected chi connectivity index (χ3v) is 4.20. The first kappa shape index (κ1) is 19.2. The second-order valence-electron chi connectivity index (χ2n) is 7.08. The Hall–Kier alpha value is -2.17. The van der Waals surface area contributed by atoms with E-state index in [1.807, 2.05) is 50.5 Å².